The maximum atomic E-state index is 14.1. The molecule has 0 saturated carbocycles. The maximum Gasteiger partial charge on any atom is 0.258 e. The van der Waals surface area contributed by atoms with Gasteiger partial charge in [-0.1, -0.05) is 49.4 Å². The Bertz CT molecular complexity index is 800. The molecule has 0 radical (unpaired) electrons. The maximum absolute atomic E-state index is 14.1. The smallest absolute Gasteiger partial charge is 0.258 e. The first-order chi connectivity index (χ1) is 13.1. The molecule has 0 aliphatic carbocycles. The number of rotatable bonds is 6. The van der Waals surface area contributed by atoms with E-state index in [4.69, 9.17) is 0 Å². The van der Waals surface area contributed by atoms with Crippen molar-refractivity contribution in [3.8, 4) is 0 Å². The summed E-state index contributed by atoms with van der Waals surface area (Å²) < 4.78 is 14.1. The molecule has 1 fully saturated rings. The molecular weight excluding hydrogens is 363 g/mol. The lowest BCUT2D eigenvalue weighted by Crippen LogP contribution is -2.50. The van der Waals surface area contributed by atoms with Crippen LogP contribution in [0.25, 0.3) is 0 Å². The minimum absolute atomic E-state index is 0.0144. The van der Waals surface area contributed by atoms with Crippen molar-refractivity contribution in [1.29, 1.82) is 0 Å². The highest BCUT2D eigenvalue weighted by Crippen LogP contribution is 2.33. The zero-order chi connectivity index (χ0) is 19.2. The Hall–Kier alpha value is -2.34. The molecule has 2 atom stereocenters. The van der Waals surface area contributed by atoms with Crippen molar-refractivity contribution in [2.75, 3.05) is 12.3 Å². The van der Waals surface area contributed by atoms with Gasteiger partial charge in [0.15, 0.2) is 0 Å². The fourth-order valence-corrected chi connectivity index (χ4v) is 4.57. The summed E-state index contributed by atoms with van der Waals surface area (Å²) in [4.78, 5) is 27.2. The molecule has 1 heterocycles. The second kappa shape index (κ2) is 9.04. The standard InChI is InChI=1S/C21H23FN2O2S/c1-2-19-24(21(26)16-10-6-7-11-17(16)22)18(14-27-19)20(25)23-13-12-15-8-4-3-5-9-15/h3-11,18-19H,2,12-14H2,1H3,(H,23,25). The van der Waals surface area contributed by atoms with E-state index in [0.29, 0.717) is 18.7 Å². The van der Waals surface area contributed by atoms with Crippen LogP contribution in [0, 0.1) is 5.82 Å². The number of nitrogens with one attached hydrogen (secondary N) is 1. The highest BCUT2D eigenvalue weighted by Gasteiger charge is 2.41. The second-order valence-electron chi connectivity index (χ2n) is 6.43. The highest BCUT2D eigenvalue weighted by atomic mass is 32.2. The number of thioether (sulfide) groups is 1. The van der Waals surface area contributed by atoms with E-state index in [-0.39, 0.29) is 16.8 Å². The Balaban J connectivity index is 1.68. The van der Waals surface area contributed by atoms with Crippen molar-refractivity contribution in [2.45, 2.75) is 31.2 Å². The van der Waals surface area contributed by atoms with Crippen LogP contribution in [0.4, 0.5) is 4.39 Å². The van der Waals surface area contributed by atoms with Crippen LogP contribution >= 0.6 is 11.8 Å². The summed E-state index contributed by atoms with van der Waals surface area (Å²) in [5, 5.41) is 2.81. The van der Waals surface area contributed by atoms with Crippen LogP contribution in [0.1, 0.15) is 29.3 Å². The van der Waals surface area contributed by atoms with Gasteiger partial charge in [-0.2, -0.15) is 0 Å². The van der Waals surface area contributed by atoms with Gasteiger partial charge in [-0.3, -0.25) is 9.59 Å². The van der Waals surface area contributed by atoms with Crippen LogP contribution in [0.3, 0.4) is 0 Å². The van der Waals surface area contributed by atoms with E-state index in [9.17, 15) is 14.0 Å². The zero-order valence-electron chi connectivity index (χ0n) is 15.2. The lowest BCUT2D eigenvalue weighted by molar-refractivity contribution is -0.124. The number of benzene rings is 2. The van der Waals surface area contributed by atoms with E-state index in [0.717, 1.165) is 12.0 Å². The van der Waals surface area contributed by atoms with Crippen molar-refractivity contribution in [2.24, 2.45) is 0 Å². The van der Waals surface area contributed by atoms with Gasteiger partial charge < -0.3 is 10.2 Å². The fraction of sp³-hybridized carbons (Fsp3) is 0.333. The topological polar surface area (TPSA) is 49.4 Å². The Morgan fingerprint density at radius 3 is 2.56 bits per heavy atom. The summed E-state index contributed by atoms with van der Waals surface area (Å²) >= 11 is 1.57. The van der Waals surface area contributed by atoms with Gasteiger partial charge in [0.1, 0.15) is 11.9 Å². The number of nitrogens with zero attached hydrogens (tertiary/aromatic N) is 1. The molecule has 0 spiro atoms. The van der Waals surface area contributed by atoms with E-state index in [1.54, 1.807) is 28.8 Å². The normalized spacial score (nSPS) is 19.1. The van der Waals surface area contributed by atoms with Crippen LogP contribution in [0.2, 0.25) is 0 Å². The summed E-state index contributed by atoms with van der Waals surface area (Å²) in [5.74, 6) is -0.639. The number of hydrogen-bond acceptors (Lipinski definition) is 3. The number of carbonyl (C=O) groups is 2. The molecule has 3 rings (SSSR count). The number of amides is 2. The fourth-order valence-electron chi connectivity index (χ4n) is 3.22. The molecule has 6 heteroatoms. The molecule has 1 aliphatic rings. The van der Waals surface area contributed by atoms with Gasteiger partial charge in [0.05, 0.1) is 10.9 Å². The minimum Gasteiger partial charge on any atom is -0.354 e. The van der Waals surface area contributed by atoms with Gasteiger partial charge in [-0.15, -0.1) is 11.8 Å². The third kappa shape index (κ3) is 4.50. The first-order valence-electron chi connectivity index (χ1n) is 9.12. The molecule has 2 aromatic carbocycles. The van der Waals surface area contributed by atoms with E-state index in [1.807, 2.05) is 37.3 Å². The largest absolute Gasteiger partial charge is 0.354 e. The first kappa shape index (κ1) is 19.4. The van der Waals surface area contributed by atoms with Crippen molar-refractivity contribution in [1.82, 2.24) is 10.2 Å². The van der Waals surface area contributed by atoms with Crippen LogP contribution in [-0.4, -0.2) is 40.4 Å². The van der Waals surface area contributed by atoms with E-state index >= 15 is 0 Å². The highest BCUT2D eigenvalue weighted by molar-refractivity contribution is 8.00. The van der Waals surface area contributed by atoms with Gasteiger partial charge in [0.2, 0.25) is 5.91 Å². The van der Waals surface area contributed by atoms with Gasteiger partial charge in [0, 0.05) is 12.3 Å². The third-order valence-corrected chi connectivity index (χ3v) is 6.09. The summed E-state index contributed by atoms with van der Waals surface area (Å²) in [6.45, 7) is 2.47. The Morgan fingerprint density at radius 1 is 1.15 bits per heavy atom. The first-order valence-corrected chi connectivity index (χ1v) is 10.2. The predicted octanol–water partition coefficient (Wildman–Crippen LogP) is 3.48. The summed E-state index contributed by atoms with van der Waals surface area (Å²) in [6, 6.07) is 15.3. The van der Waals surface area contributed by atoms with Crippen molar-refractivity contribution in [3.63, 3.8) is 0 Å². The molecule has 1 aliphatic heterocycles. The van der Waals surface area contributed by atoms with E-state index in [1.165, 1.54) is 12.1 Å². The predicted molar refractivity (Wildman–Crippen MR) is 106 cm³/mol. The van der Waals surface area contributed by atoms with Crippen LogP contribution in [-0.2, 0) is 11.2 Å². The number of carbonyl (C=O) groups excluding carboxylic acids is 2. The molecule has 142 valence electrons. The molecule has 1 N–H and O–H groups in total. The SMILES string of the molecule is CCC1SCC(C(=O)NCCc2ccccc2)N1C(=O)c1ccccc1F. The molecule has 1 saturated heterocycles. The molecule has 4 nitrogen and oxygen atoms in total. The monoisotopic (exact) mass is 386 g/mol. The molecule has 2 amide bonds. The van der Waals surface area contributed by atoms with Crippen molar-refractivity contribution >= 4 is 23.6 Å². The number of hydrogen-bond donors (Lipinski definition) is 1. The third-order valence-electron chi connectivity index (χ3n) is 4.64. The van der Waals surface area contributed by atoms with Gasteiger partial charge in [-0.05, 0) is 30.5 Å². The molecule has 2 aromatic rings. The minimum atomic E-state index is -0.581. The van der Waals surface area contributed by atoms with Gasteiger partial charge in [0.25, 0.3) is 5.91 Å². The lowest BCUT2D eigenvalue weighted by Gasteiger charge is -2.28. The van der Waals surface area contributed by atoms with Crippen LogP contribution in [0.5, 0.6) is 0 Å². The van der Waals surface area contributed by atoms with Gasteiger partial charge >= 0.3 is 0 Å². The lowest BCUT2D eigenvalue weighted by atomic mass is 10.1. The summed E-state index contributed by atoms with van der Waals surface area (Å²) in [7, 11) is 0. The average molecular weight is 386 g/mol. The number of halogens is 1. The Morgan fingerprint density at radius 2 is 1.85 bits per heavy atom. The Kier molecular flexibility index (Phi) is 6.50. The van der Waals surface area contributed by atoms with Crippen molar-refractivity contribution in [3.05, 3.63) is 71.5 Å². The molecule has 27 heavy (non-hydrogen) atoms. The van der Waals surface area contributed by atoms with Crippen LogP contribution < -0.4 is 5.32 Å². The Labute approximate surface area is 163 Å². The summed E-state index contributed by atoms with van der Waals surface area (Å²) in [6.07, 6.45) is 1.43. The van der Waals surface area contributed by atoms with Crippen molar-refractivity contribution < 1.29 is 14.0 Å². The second-order valence-corrected chi connectivity index (χ2v) is 7.64. The molecule has 0 bridgehead atoms. The molecule has 0 aromatic heterocycles. The average Bonchev–Trinajstić information content (AvgIpc) is 3.13. The van der Waals surface area contributed by atoms with Crippen LogP contribution in [0.15, 0.2) is 54.6 Å². The molecular formula is C21H23FN2O2S. The summed E-state index contributed by atoms with van der Waals surface area (Å²) in [5.41, 5.74) is 1.16. The van der Waals surface area contributed by atoms with E-state index < -0.39 is 17.8 Å². The quantitative estimate of drug-likeness (QED) is 0.827. The van der Waals surface area contributed by atoms with Gasteiger partial charge in [-0.25, -0.2) is 4.39 Å². The molecule has 2 unspecified atom stereocenters. The zero-order valence-corrected chi connectivity index (χ0v) is 16.0. The van der Waals surface area contributed by atoms with E-state index in [2.05, 4.69) is 5.32 Å².